The molecule has 0 bridgehead atoms. The van der Waals surface area contributed by atoms with Crippen molar-refractivity contribution in [2.45, 2.75) is 46.7 Å². The monoisotopic (exact) mass is 222 g/mol. The molecule has 1 amide bonds. The van der Waals surface area contributed by atoms with Crippen LogP contribution in [0.15, 0.2) is 0 Å². The second-order valence-corrected chi connectivity index (χ2v) is 5.69. The van der Waals surface area contributed by atoms with E-state index in [2.05, 4.69) is 44.2 Å². The minimum Gasteiger partial charge on any atom is -0.344 e. The van der Waals surface area contributed by atoms with Crippen LogP contribution in [0.3, 0.4) is 0 Å². The molecule has 1 fully saturated rings. The zero-order valence-electron chi connectivity index (χ0n) is 10.8. The van der Waals surface area contributed by atoms with Crippen LogP contribution in [-0.4, -0.2) is 24.5 Å². The van der Waals surface area contributed by atoms with Crippen LogP contribution in [0.4, 0.5) is 0 Å². The van der Waals surface area contributed by atoms with Gasteiger partial charge >= 0.3 is 0 Å². The molecule has 3 heteroatoms. The highest BCUT2D eigenvalue weighted by Crippen LogP contribution is 2.62. The van der Waals surface area contributed by atoms with Crippen LogP contribution in [-0.2, 0) is 4.79 Å². The summed E-state index contributed by atoms with van der Waals surface area (Å²) < 4.78 is 0. The Labute approximate surface area is 98.4 Å². The van der Waals surface area contributed by atoms with Gasteiger partial charge in [0, 0.05) is 6.04 Å². The van der Waals surface area contributed by atoms with Crippen LogP contribution in [0.5, 0.6) is 0 Å². The van der Waals surface area contributed by atoms with Crippen molar-refractivity contribution in [3.05, 3.63) is 0 Å². The second kappa shape index (κ2) is 4.10. The van der Waals surface area contributed by atoms with Crippen molar-refractivity contribution in [3.8, 4) is 12.3 Å². The van der Waals surface area contributed by atoms with Crippen molar-refractivity contribution in [2.75, 3.05) is 6.54 Å². The van der Waals surface area contributed by atoms with E-state index in [1.54, 1.807) is 0 Å². The normalized spacial score (nSPS) is 23.2. The lowest BCUT2D eigenvalue weighted by atomic mass is 10.0. The molecule has 90 valence electrons. The third-order valence-electron chi connectivity index (χ3n) is 4.20. The average Bonchev–Trinajstić information content (AvgIpc) is 2.57. The van der Waals surface area contributed by atoms with E-state index >= 15 is 0 Å². The van der Waals surface area contributed by atoms with Gasteiger partial charge in [-0.1, -0.05) is 33.6 Å². The average molecular weight is 222 g/mol. The summed E-state index contributed by atoms with van der Waals surface area (Å²) in [5.74, 6) is 2.36. The van der Waals surface area contributed by atoms with Crippen LogP contribution in [0.1, 0.15) is 34.6 Å². The molecule has 0 heterocycles. The highest BCUT2D eigenvalue weighted by Gasteiger charge is 2.64. The molecule has 1 atom stereocenters. The van der Waals surface area contributed by atoms with E-state index in [1.165, 1.54) is 0 Å². The minimum atomic E-state index is -0.195. The quantitative estimate of drug-likeness (QED) is 0.701. The van der Waals surface area contributed by atoms with E-state index in [4.69, 9.17) is 6.42 Å². The molecule has 3 nitrogen and oxygen atoms in total. The number of hydrogen-bond acceptors (Lipinski definition) is 2. The Morgan fingerprint density at radius 3 is 2.25 bits per heavy atom. The van der Waals surface area contributed by atoms with Gasteiger partial charge in [0.15, 0.2) is 0 Å². The largest absolute Gasteiger partial charge is 0.344 e. The molecule has 0 saturated heterocycles. The van der Waals surface area contributed by atoms with E-state index < -0.39 is 0 Å². The number of amides is 1. The molecule has 1 rings (SSSR count). The van der Waals surface area contributed by atoms with E-state index in [-0.39, 0.29) is 22.8 Å². The Morgan fingerprint density at radius 2 is 1.88 bits per heavy atom. The molecule has 0 aromatic rings. The number of carbonyl (C=O) groups is 1. The van der Waals surface area contributed by atoms with Gasteiger partial charge in [-0.2, -0.15) is 0 Å². The van der Waals surface area contributed by atoms with Crippen molar-refractivity contribution >= 4 is 5.91 Å². The lowest BCUT2D eigenvalue weighted by Crippen LogP contribution is -2.44. The number of terminal acetylenes is 1. The predicted octanol–water partition coefficient (Wildman–Crippen LogP) is 1.15. The van der Waals surface area contributed by atoms with Crippen LogP contribution in [0, 0.1) is 23.2 Å². The van der Waals surface area contributed by atoms with Crippen LogP contribution >= 0.6 is 0 Å². The van der Waals surface area contributed by atoms with Gasteiger partial charge in [0.25, 0.3) is 0 Å². The molecule has 2 N–H and O–H groups in total. The molecular weight excluding hydrogens is 200 g/mol. The summed E-state index contributed by atoms with van der Waals surface area (Å²) in [6.45, 7) is 11.0. The van der Waals surface area contributed by atoms with E-state index in [0.29, 0.717) is 12.6 Å². The van der Waals surface area contributed by atoms with E-state index in [1.807, 2.05) is 6.92 Å². The molecule has 1 aliphatic carbocycles. The molecule has 16 heavy (non-hydrogen) atoms. The SMILES string of the molecule is C#CCNC(=O)C(C)NC1C(C)(C)C1(C)C. The Kier molecular flexibility index (Phi) is 3.35. The maximum absolute atomic E-state index is 11.6. The molecule has 1 saturated carbocycles. The van der Waals surface area contributed by atoms with Gasteiger partial charge in [-0.25, -0.2) is 0 Å². The van der Waals surface area contributed by atoms with Gasteiger partial charge in [-0.05, 0) is 17.8 Å². The number of rotatable bonds is 4. The maximum Gasteiger partial charge on any atom is 0.237 e. The van der Waals surface area contributed by atoms with Crippen molar-refractivity contribution in [3.63, 3.8) is 0 Å². The molecule has 0 aromatic carbocycles. The summed E-state index contributed by atoms with van der Waals surface area (Å²) in [5, 5.41) is 6.04. The van der Waals surface area contributed by atoms with Crippen molar-refractivity contribution in [1.29, 1.82) is 0 Å². The summed E-state index contributed by atoms with van der Waals surface area (Å²) in [5.41, 5.74) is 0.487. The second-order valence-electron chi connectivity index (χ2n) is 5.69. The predicted molar refractivity (Wildman–Crippen MR) is 65.8 cm³/mol. The van der Waals surface area contributed by atoms with E-state index in [0.717, 1.165) is 0 Å². The topological polar surface area (TPSA) is 41.1 Å². The highest BCUT2D eigenvalue weighted by atomic mass is 16.2. The first-order valence-corrected chi connectivity index (χ1v) is 5.72. The summed E-state index contributed by atoms with van der Waals surface area (Å²) in [6, 6.07) is 0.186. The fourth-order valence-corrected chi connectivity index (χ4v) is 2.23. The third-order valence-corrected chi connectivity index (χ3v) is 4.20. The first kappa shape index (κ1) is 13.1. The highest BCUT2D eigenvalue weighted by molar-refractivity contribution is 5.81. The number of hydrogen-bond donors (Lipinski definition) is 2. The smallest absolute Gasteiger partial charge is 0.237 e. The lowest BCUT2D eigenvalue weighted by molar-refractivity contribution is -0.122. The Balaban J connectivity index is 2.46. The van der Waals surface area contributed by atoms with Gasteiger partial charge in [0.2, 0.25) is 5.91 Å². The summed E-state index contributed by atoms with van der Waals surface area (Å²) >= 11 is 0. The van der Waals surface area contributed by atoms with Gasteiger partial charge in [-0.15, -0.1) is 6.42 Å². The molecule has 0 radical (unpaired) electrons. The first-order valence-electron chi connectivity index (χ1n) is 5.72. The van der Waals surface area contributed by atoms with Gasteiger partial charge in [0.1, 0.15) is 0 Å². The molecule has 0 aromatic heterocycles. The summed E-state index contributed by atoms with van der Waals surface area (Å²) in [4.78, 5) is 11.6. The fourth-order valence-electron chi connectivity index (χ4n) is 2.23. The molecule has 1 aliphatic rings. The van der Waals surface area contributed by atoms with Gasteiger partial charge in [-0.3, -0.25) is 4.79 Å². The molecule has 1 unspecified atom stereocenters. The maximum atomic E-state index is 11.6. The molecular formula is C13H22N2O. The van der Waals surface area contributed by atoms with E-state index in [9.17, 15) is 4.79 Å². The van der Waals surface area contributed by atoms with Crippen molar-refractivity contribution in [2.24, 2.45) is 10.8 Å². The summed E-state index contributed by atoms with van der Waals surface area (Å²) in [6.07, 6.45) is 5.09. The number of carbonyl (C=O) groups excluding carboxylic acids is 1. The Morgan fingerprint density at radius 1 is 1.38 bits per heavy atom. The third kappa shape index (κ3) is 2.08. The zero-order valence-corrected chi connectivity index (χ0v) is 10.8. The fraction of sp³-hybridized carbons (Fsp3) is 0.769. The van der Waals surface area contributed by atoms with Gasteiger partial charge < -0.3 is 10.6 Å². The van der Waals surface area contributed by atoms with Crippen molar-refractivity contribution in [1.82, 2.24) is 10.6 Å². The first-order chi connectivity index (χ1) is 7.25. The lowest BCUT2D eigenvalue weighted by Gasteiger charge is -2.14. The molecule has 0 spiro atoms. The summed E-state index contributed by atoms with van der Waals surface area (Å²) in [7, 11) is 0. The Hall–Kier alpha value is -1.01. The zero-order chi connectivity index (χ0) is 12.6. The van der Waals surface area contributed by atoms with Crippen LogP contribution in [0.2, 0.25) is 0 Å². The minimum absolute atomic E-state index is 0.0311. The molecule has 0 aliphatic heterocycles. The van der Waals surface area contributed by atoms with Gasteiger partial charge in [0.05, 0.1) is 12.6 Å². The van der Waals surface area contributed by atoms with Crippen LogP contribution in [0.25, 0.3) is 0 Å². The number of nitrogens with one attached hydrogen (secondary N) is 2. The van der Waals surface area contributed by atoms with Crippen LogP contribution < -0.4 is 10.6 Å². The standard InChI is InChI=1S/C13H22N2O/c1-7-8-14-10(16)9(2)15-11-12(3,4)13(11,5)6/h1,9,11,15H,8H2,2-6H3,(H,14,16). The Bertz CT molecular complexity index is 311. The van der Waals surface area contributed by atoms with Crippen molar-refractivity contribution < 1.29 is 4.79 Å².